The molecule has 4 rings (SSSR count). The number of benzene rings is 4. The highest BCUT2D eigenvalue weighted by atomic mass is 35.5. The number of carbonyl (C=O) groups is 2. The second-order valence-corrected chi connectivity index (χ2v) is 14.7. The van der Waals surface area contributed by atoms with E-state index in [1.165, 1.54) is 35.2 Å². The van der Waals surface area contributed by atoms with E-state index >= 15 is 0 Å². The highest BCUT2D eigenvalue weighted by Crippen LogP contribution is 2.34. The maximum absolute atomic E-state index is 14.7. The fourth-order valence-electron chi connectivity index (χ4n) is 4.88. The number of anilines is 1. The van der Waals surface area contributed by atoms with Crippen LogP contribution in [0.25, 0.3) is 0 Å². The number of rotatable bonds is 13. The number of aryl methyl sites for hydroxylation is 1. The van der Waals surface area contributed by atoms with Crippen molar-refractivity contribution in [3.05, 3.63) is 128 Å². The van der Waals surface area contributed by atoms with E-state index in [1.54, 1.807) is 30.3 Å². The molecule has 0 saturated carbocycles. The number of hydrogen-bond donors (Lipinski definition) is 1. The highest BCUT2D eigenvalue weighted by Gasteiger charge is 2.36. The van der Waals surface area contributed by atoms with Crippen molar-refractivity contribution in [2.24, 2.45) is 0 Å². The third-order valence-electron chi connectivity index (χ3n) is 7.73. The molecule has 7 nitrogen and oxygen atoms in total. The summed E-state index contributed by atoms with van der Waals surface area (Å²) >= 11 is 26.0. The summed E-state index contributed by atoms with van der Waals surface area (Å²) < 4.78 is 29.4. The molecular weight excluding hydrogens is 700 g/mol. The van der Waals surface area contributed by atoms with E-state index in [4.69, 9.17) is 46.4 Å². The Hall–Kier alpha value is -3.27. The predicted molar refractivity (Wildman–Crippen MR) is 191 cm³/mol. The second kappa shape index (κ2) is 16.2. The molecule has 0 aliphatic carbocycles. The van der Waals surface area contributed by atoms with E-state index in [0.717, 1.165) is 15.4 Å². The van der Waals surface area contributed by atoms with E-state index in [1.807, 2.05) is 51.1 Å². The molecule has 2 amide bonds. The largest absolute Gasteiger partial charge is 0.352 e. The van der Waals surface area contributed by atoms with E-state index in [9.17, 15) is 18.0 Å². The lowest BCUT2D eigenvalue weighted by atomic mass is 10.0. The highest BCUT2D eigenvalue weighted by molar-refractivity contribution is 7.92. The van der Waals surface area contributed by atoms with Crippen molar-refractivity contribution in [2.75, 3.05) is 10.8 Å². The Balaban J connectivity index is 1.87. The standard InChI is InChI=1S/C35H35Cl4N3O4S/c1-4-24(3)40-35(44)33(19-25-9-6-5-7-10-25)41(21-28-29(37)11-8-12-30(28)38)34(43)22-42(32-20-26(36)15-18-31(32)39)47(45,46)27-16-13-23(2)14-17-27/h5-18,20,24,33H,4,19,21-22H2,1-3H3,(H,40,44). The first-order valence-electron chi connectivity index (χ1n) is 14.9. The molecule has 47 heavy (non-hydrogen) atoms. The van der Waals surface area contributed by atoms with Crippen molar-refractivity contribution >= 4 is 73.9 Å². The number of halogens is 4. The second-order valence-electron chi connectivity index (χ2n) is 11.2. The van der Waals surface area contributed by atoms with Crippen LogP contribution in [0.15, 0.2) is 95.9 Å². The third-order valence-corrected chi connectivity index (χ3v) is 10.8. The lowest BCUT2D eigenvalue weighted by molar-refractivity contribution is -0.140. The van der Waals surface area contributed by atoms with Crippen molar-refractivity contribution in [3.63, 3.8) is 0 Å². The van der Waals surface area contributed by atoms with Gasteiger partial charge in [0.15, 0.2) is 0 Å². The predicted octanol–water partition coefficient (Wildman–Crippen LogP) is 8.36. The number of sulfonamides is 1. The van der Waals surface area contributed by atoms with E-state index in [-0.39, 0.29) is 49.7 Å². The van der Waals surface area contributed by atoms with Gasteiger partial charge in [0.05, 0.1) is 15.6 Å². The molecule has 4 aromatic rings. The van der Waals surface area contributed by atoms with Crippen LogP contribution in [0.1, 0.15) is 37.0 Å². The molecule has 12 heteroatoms. The van der Waals surface area contributed by atoms with Crippen molar-refractivity contribution in [1.82, 2.24) is 10.2 Å². The minimum Gasteiger partial charge on any atom is -0.352 e. The molecule has 0 aliphatic rings. The first kappa shape index (κ1) is 36.6. The third kappa shape index (κ3) is 9.21. The Kier molecular flexibility index (Phi) is 12.6. The molecule has 0 saturated heterocycles. The fraction of sp³-hybridized carbons (Fsp3) is 0.257. The van der Waals surface area contributed by atoms with Gasteiger partial charge < -0.3 is 10.2 Å². The molecule has 0 fully saturated rings. The van der Waals surface area contributed by atoms with Crippen LogP contribution >= 0.6 is 46.4 Å². The first-order chi connectivity index (χ1) is 22.3. The quantitative estimate of drug-likeness (QED) is 0.150. The zero-order chi connectivity index (χ0) is 34.3. The van der Waals surface area contributed by atoms with Gasteiger partial charge in [-0.25, -0.2) is 8.42 Å². The van der Waals surface area contributed by atoms with Crippen molar-refractivity contribution in [2.45, 2.75) is 57.1 Å². The maximum Gasteiger partial charge on any atom is 0.264 e. The van der Waals surface area contributed by atoms with E-state index < -0.39 is 34.4 Å². The van der Waals surface area contributed by atoms with Gasteiger partial charge in [0.1, 0.15) is 12.6 Å². The van der Waals surface area contributed by atoms with Gasteiger partial charge in [-0.05, 0) is 68.3 Å². The zero-order valence-electron chi connectivity index (χ0n) is 26.1. The zero-order valence-corrected chi connectivity index (χ0v) is 29.9. The summed E-state index contributed by atoms with van der Waals surface area (Å²) in [7, 11) is -4.37. The number of nitrogens with zero attached hydrogens (tertiary/aromatic N) is 2. The van der Waals surface area contributed by atoms with Crippen LogP contribution in [0, 0.1) is 6.92 Å². The van der Waals surface area contributed by atoms with Gasteiger partial charge in [-0.2, -0.15) is 0 Å². The van der Waals surface area contributed by atoms with Gasteiger partial charge in [-0.3, -0.25) is 13.9 Å². The lowest BCUT2D eigenvalue weighted by Crippen LogP contribution is -2.54. The molecule has 2 unspecified atom stereocenters. The molecule has 248 valence electrons. The molecular formula is C35H35Cl4N3O4S. The van der Waals surface area contributed by atoms with Crippen LogP contribution in [0.4, 0.5) is 5.69 Å². The van der Waals surface area contributed by atoms with Gasteiger partial charge in [-0.1, -0.05) is 107 Å². The number of nitrogens with one attached hydrogen (secondary N) is 1. The monoisotopic (exact) mass is 733 g/mol. The summed E-state index contributed by atoms with van der Waals surface area (Å²) in [5.41, 5.74) is 2.06. The summed E-state index contributed by atoms with van der Waals surface area (Å²) in [5.74, 6) is -1.10. The van der Waals surface area contributed by atoms with E-state index in [0.29, 0.717) is 12.0 Å². The summed E-state index contributed by atoms with van der Waals surface area (Å²) in [6.45, 7) is 4.75. The molecule has 0 aromatic heterocycles. The molecule has 2 atom stereocenters. The average molecular weight is 736 g/mol. The van der Waals surface area contributed by atoms with Crippen molar-refractivity contribution in [1.29, 1.82) is 0 Å². The molecule has 4 aromatic carbocycles. The van der Waals surface area contributed by atoms with Gasteiger partial charge in [0.2, 0.25) is 11.8 Å². The van der Waals surface area contributed by atoms with Crippen LogP contribution in [0.3, 0.4) is 0 Å². The summed E-state index contributed by atoms with van der Waals surface area (Å²) in [4.78, 5) is 29.9. The Morgan fingerprint density at radius 2 is 1.47 bits per heavy atom. The van der Waals surface area contributed by atoms with Crippen LogP contribution in [-0.4, -0.2) is 43.8 Å². The maximum atomic E-state index is 14.7. The molecule has 0 aliphatic heterocycles. The van der Waals surface area contributed by atoms with Crippen LogP contribution in [0.5, 0.6) is 0 Å². The SMILES string of the molecule is CCC(C)NC(=O)C(Cc1ccccc1)N(Cc1c(Cl)cccc1Cl)C(=O)CN(c1cc(Cl)ccc1Cl)S(=O)(=O)c1ccc(C)cc1. The summed E-state index contributed by atoms with van der Waals surface area (Å²) in [5, 5.41) is 3.86. The minimum atomic E-state index is -4.37. The van der Waals surface area contributed by atoms with Gasteiger partial charge in [-0.15, -0.1) is 0 Å². The van der Waals surface area contributed by atoms with Crippen molar-refractivity contribution < 1.29 is 18.0 Å². The Labute approximate surface area is 296 Å². The van der Waals surface area contributed by atoms with Gasteiger partial charge in [0.25, 0.3) is 10.0 Å². The lowest BCUT2D eigenvalue weighted by Gasteiger charge is -2.35. The van der Waals surface area contributed by atoms with Crippen LogP contribution in [-0.2, 0) is 32.6 Å². The van der Waals surface area contributed by atoms with Crippen LogP contribution in [0.2, 0.25) is 20.1 Å². The summed E-state index contributed by atoms with van der Waals surface area (Å²) in [6.07, 6.45) is 0.795. The molecule has 0 spiro atoms. The molecule has 0 bridgehead atoms. The first-order valence-corrected chi connectivity index (χ1v) is 17.9. The van der Waals surface area contributed by atoms with Crippen LogP contribution < -0.4 is 9.62 Å². The van der Waals surface area contributed by atoms with Gasteiger partial charge in [0, 0.05) is 39.6 Å². The molecule has 1 N–H and O–H groups in total. The number of hydrogen-bond acceptors (Lipinski definition) is 4. The smallest absolute Gasteiger partial charge is 0.264 e. The Bertz CT molecular complexity index is 1800. The average Bonchev–Trinajstić information content (AvgIpc) is 3.04. The number of carbonyl (C=O) groups excluding carboxylic acids is 2. The summed E-state index contributed by atoms with van der Waals surface area (Å²) in [6, 6.07) is 23.5. The fourth-order valence-corrected chi connectivity index (χ4v) is 7.25. The Morgan fingerprint density at radius 3 is 2.09 bits per heavy atom. The van der Waals surface area contributed by atoms with Crippen molar-refractivity contribution in [3.8, 4) is 0 Å². The topological polar surface area (TPSA) is 86.8 Å². The normalized spacial score (nSPS) is 12.7. The molecule has 0 radical (unpaired) electrons. The molecule has 0 heterocycles. The van der Waals surface area contributed by atoms with E-state index in [2.05, 4.69) is 5.32 Å². The number of amides is 2. The Morgan fingerprint density at radius 1 is 0.830 bits per heavy atom. The minimum absolute atomic E-state index is 0.00693. The van der Waals surface area contributed by atoms with Gasteiger partial charge >= 0.3 is 0 Å².